The van der Waals surface area contributed by atoms with E-state index in [-0.39, 0.29) is 0 Å². The first-order chi connectivity index (χ1) is 5.27. The Labute approximate surface area is 76.9 Å². The molecule has 0 amide bonds. The first-order valence-corrected chi connectivity index (χ1v) is 4.22. The number of hydrogen-bond donors (Lipinski definition) is 0. The van der Waals surface area contributed by atoms with Crippen LogP contribution in [0.5, 0.6) is 0 Å². The van der Waals surface area contributed by atoms with Crippen LogP contribution >= 0.6 is 27.5 Å². The van der Waals surface area contributed by atoms with Crippen LogP contribution in [0.3, 0.4) is 0 Å². The molecule has 0 fully saturated rings. The van der Waals surface area contributed by atoms with Gasteiger partial charge in [0.05, 0.1) is 4.47 Å². The Morgan fingerprint density at radius 2 is 2.27 bits per heavy atom. The van der Waals surface area contributed by atoms with Gasteiger partial charge in [0, 0.05) is 12.4 Å². The van der Waals surface area contributed by atoms with Crippen molar-refractivity contribution in [3.63, 3.8) is 0 Å². The van der Waals surface area contributed by atoms with E-state index >= 15 is 0 Å². The molecule has 2 aromatic rings. The average Bonchev–Trinajstić information content (AvgIpc) is 2.33. The number of fused-ring (bicyclic) bond motifs is 1. The normalized spacial score (nSPS) is 10.7. The van der Waals surface area contributed by atoms with Crippen LogP contribution in [0.15, 0.2) is 29.0 Å². The molecule has 2 rings (SSSR count). The SMILES string of the molecule is Clc1ccc2ncc(Br)cn12. The summed E-state index contributed by atoms with van der Waals surface area (Å²) in [4.78, 5) is 4.13. The van der Waals surface area contributed by atoms with Crippen molar-refractivity contribution in [3.8, 4) is 0 Å². The Balaban J connectivity index is 2.87. The number of hydrogen-bond acceptors (Lipinski definition) is 1. The molecule has 56 valence electrons. The van der Waals surface area contributed by atoms with Crippen LogP contribution in [-0.4, -0.2) is 9.38 Å². The summed E-state index contributed by atoms with van der Waals surface area (Å²) in [5.41, 5.74) is 0.859. The highest BCUT2D eigenvalue weighted by Gasteiger charge is 1.98. The van der Waals surface area contributed by atoms with Gasteiger partial charge < -0.3 is 0 Å². The number of aromatic nitrogens is 2. The van der Waals surface area contributed by atoms with E-state index in [9.17, 15) is 0 Å². The van der Waals surface area contributed by atoms with Gasteiger partial charge in [0.1, 0.15) is 10.8 Å². The smallest absolute Gasteiger partial charge is 0.137 e. The van der Waals surface area contributed by atoms with Crippen molar-refractivity contribution in [2.45, 2.75) is 0 Å². The lowest BCUT2D eigenvalue weighted by Gasteiger charge is -1.94. The summed E-state index contributed by atoms with van der Waals surface area (Å²) in [6.45, 7) is 0. The highest BCUT2D eigenvalue weighted by Crippen LogP contribution is 2.16. The van der Waals surface area contributed by atoms with Crippen LogP contribution < -0.4 is 0 Å². The van der Waals surface area contributed by atoms with Crippen molar-refractivity contribution in [3.05, 3.63) is 34.2 Å². The Kier molecular flexibility index (Phi) is 1.62. The molecule has 2 aromatic heterocycles. The zero-order chi connectivity index (χ0) is 7.84. The van der Waals surface area contributed by atoms with Gasteiger partial charge in [0.2, 0.25) is 0 Å². The highest BCUT2D eigenvalue weighted by atomic mass is 79.9. The molecule has 0 aliphatic carbocycles. The Bertz CT molecular complexity index is 396. The van der Waals surface area contributed by atoms with Crippen LogP contribution in [0.2, 0.25) is 5.15 Å². The largest absolute Gasteiger partial charge is 0.291 e. The molecule has 0 aliphatic heterocycles. The van der Waals surface area contributed by atoms with Crippen LogP contribution in [0.1, 0.15) is 0 Å². The first kappa shape index (κ1) is 7.13. The minimum atomic E-state index is 0.675. The summed E-state index contributed by atoms with van der Waals surface area (Å²) < 4.78 is 2.73. The summed E-state index contributed by atoms with van der Waals surface area (Å²) in [5.74, 6) is 0. The molecular weight excluding hydrogens is 227 g/mol. The molecule has 0 radical (unpaired) electrons. The van der Waals surface area contributed by atoms with Crippen molar-refractivity contribution >= 4 is 33.2 Å². The van der Waals surface area contributed by atoms with E-state index in [2.05, 4.69) is 20.9 Å². The minimum absolute atomic E-state index is 0.675. The van der Waals surface area contributed by atoms with Crippen molar-refractivity contribution < 1.29 is 0 Å². The Morgan fingerprint density at radius 1 is 1.45 bits per heavy atom. The summed E-state index contributed by atoms with van der Waals surface area (Å²) >= 11 is 9.16. The number of halogens is 2. The van der Waals surface area contributed by atoms with Gasteiger partial charge in [0.15, 0.2) is 0 Å². The third-order valence-corrected chi connectivity index (χ3v) is 2.14. The fourth-order valence-electron chi connectivity index (χ4n) is 0.931. The maximum atomic E-state index is 5.85. The van der Waals surface area contributed by atoms with E-state index in [0.29, 0.717) is 5.15 Å². The average molecular weight is 231 g/mol. The molecule has 0 spiro atoms. The van der Waals surface area contributed by atoms with Gasteiger partial charge in [-0.15, -0.1) is 0 Å². The fraction of sp³-hybridized carbons (Fsp3) is 0. The minimum Gasteiger partial charge on any atom is -0.291 e. The standard InChI is InChI=1S/C7H4BrClN2/c8-5-3-10-7-2-1-6(9)11(7)4-5/h1-4H. The second kappa shape index (κ2) is 2.50. The van der Waals surface area contributed by atoms with Crippen LogP contribution in [0, 0.1) is 0 Å². The van der Waals surface area contributed by atoms with E-state index in [4.69, 9.17) is 11.6 Å². The summed E-state index contributed by atoms with van der Waals surface area (Å²) in [6.07, 6.45) is 3.62. The van der Waals surface area contributed by atoms with Gasteiger partial charge in [0.25, 0.3) is 0 Å². The lowest BCUT2D eigenvalue weighted by atomic mass is 10.6. The molecule has 2 heterocycles. The van der Waals surface area contributed by atoms with Gasteiger partial charge in [-0.3, -0.25) is 4.40 Å². The second-order valence-electron chi connectivity index (χ2n) is 2.16. The molecule has 11 heavy (non-hydrogen) atoms. The molecule has 0 unspecified atom stereocenters. The van der Waals surface area contributed by atoms with Gasteiger partial charge in [-0.1, -0.05) is 11.6 Å². The zero-order valence-electron chi connectivity index (χ0n) is 5.46. The van der Waals surface area contributed by atoms with E-state index < -0.39 is 0 Å². The third kappa shape index (κ3) is 1.14. The lowest BCUT2D eigenvalue weighted by Crippen LogP contribution is -1.85. The fourth-order valence-corrected chi connectivity index (χ4v) is 1.44. The lowest BCUT2D eigenvalue weighted by molar-refractivity contribution is 1.12. The Hall–Kier alpha value is -0.540. The highest BCUT2D eigenvalue weighted by molar-refractivity contribution is 9.10. The number of rotatable bonds is 0. The van der Waals surface area contributed by atoms with E-state index in [1.807, 2.05) is 22.7 Å². The van der Waals surface area contributed by atoms with Crippen molar-refractivity contribution in [1.82, 2.24) is 9.38 Å². The Morgan fingerprint density at radius 3 is 3.09 bits per heavy atom. The second-order valence-corrected chi connectivity index (χ2v) is 3.46. The molecule has 0 aromatic carbocycles. The molecule has 0 saturated carbocycles. The summed E-state index contributed by atoms with van der Waals surface area (Å²) in [7, 11) is 0. The van der Waals surface area contributed by atoms with Gasteiger partial charge in [-0.05, 0) is 28.1 Å². The van der Waals surface area contributed by atoms with Gasteiger partial charge in [-0.25, -0.2) is 4.98 Å². The summed E-state index contributed by atoms with van der Waals surface area (Å²) in [5, 5.41) is 0.675. The quantitative estimate of drug-likeness (QED) is 0.681. The predicted molar refractivity (Wildman–Crippen MR) is 47.9 cm³/mol. The molecule has 2 nitrogen and oxygen atoms in total. The maximum absolute atomic E-state index is 5.85. The van der Waals surface area contributed by atoms with E-state index in [0.717, 1.165) is 10.1 Å². The number of nitrogens with zero attached hydrogens (tertiary/aromatic N) is 2. The third-order valence-electron chi connectivity index (χ3n) is 1.42. The predicted octanol–water partition coefficient (Wildman–Crippen LogP) is 2.75. The maximum Gasteiger partial charge on any atom is 0.137 e. The molecule has 0 atom stereocenters. The van der Waals surface area contributed by atoms with Crippen molar-refractivity contribution in [1.29, 1.82) is 0 Å². The molecule has 0 bridgehead atoms. The van der Waals surface area contributed by atoms with E-state index in [1.54, 1.807) is 6.20 Å². The van der Waals surface area contributed by atoms with Gasteiger partial charge >= 0.3 is 0 Å². The first-order valence-electron chi connectivity index (χ1n) is 3.05. The van der Waals surface area contributed by atoms with Crippen molar-refractivity contribution in [2.75, 3.05) is 0 Å². The van der Waals surface area contributed by atoms with E-state index in [1.165, 1.54) is 0 Å². The zero-order valence-corrected chi connectivity index (χ0v) is 7.80. The molecule has 0 saturated heterocycles. The molecular formula is C7H4BrClN2. The van der Waals surface area contributed by atoms with Crippen LogP contribution in [0.4, 0.5) is 0 Å². The monoisotopic (exact) mass is 230 g/mol. The molecule has 0 aliphatic rings. The van der Waals surface area contributed by atoms with Gasteiger partial charge in [-0.2, -0.15) is 0 Å². The van der Waals surface area contributed by atoms with Crippen molar-refractivity contribution in [2.24, 2.45) is 0 Å². The summed E-state index contributed by atoms with van der Waals surface area (Å²) in [6, 6.07) is 3.69. The van der Waals surface area contributed by atoms with Crippen LogP contribution in [-0.2, 0) is 0 Å². The molecule has 0 N–H and O–H groups in total. The topological polar surface area (TPSA) is 17.3 Å². The molecule has 4 heteroatoms. The van der Waals surface area contributed by atoms with Crippen LogP contribution in [0.25, 0.3) is 5.65 Å².